The Morgan fingerprint density at radius 1 is 1.27 bits per heavy atom. The van der Waals surface area contributed by atoms with Crippen LogP contribution < -0.4 is 5.73 Å². The Hall–Kier alpha value is -1.29. The zero-order valence-electron chi connectivity index (χ0n) is 8.36. The van der Waals surface area contributed by atoms with Crippen molar-refractivity contribution in [2.75, 3.05) is 6.54 Å². The highest BCUT2D eigenvalue weighted by molar-refractivity contribution is 5.24. The van der Waals surface area contributed by atoms with Crippen LogP contribution in [0.4, 0.5) is 13.2 Å². The maximum absolute atomic E-state index is 12.8. The van der Waals surface area contributed by atoms with Crippen LogP contribution in [0.1, 0.15) is 12.5 Å². The van der Waals surface area contributed by atoms with E-state index >= 15 is 0 Å². The summed E-state index contributed by atoms with van der Waals surface area (Å²) in [6, 6.07) is 1.97. The van der Waals surface area contributed by atoms with E-state index in [9.17, 15) is 13.2 Å². The highest BCUT2D eigenvalue weighted by Gasteiger charge is 2.10. The quantitative estimate of drug-likeness (QED) is 0.608. The van der Waals surface area contributed by atoms with Crippen LogP contribution in [0.25, 0.3) is 0 Å². The van der Waals surface area contributed by atoms with Crippen molar-refractivity contribution in [1.82, 2.24) is 0 Å². The third-order valence-electron chi connectivity index (χ3n) is 2.15. The molecule has 0 aliphatic carbocycles. The van der Waals surface area contributed by atoms with Crippen LogP contribution in [-0.4, -0.2) is 6.54 Å². The van der Waals surface area contributed by atoms with Gasteiger partial charge in [0, 0.05) is 6.54 Å². The van der Waals surface area contributed by atoms with E-state index in [1.165, 1.54) is 0 Å². The van der Waals surface area contributed by atoms with Crippen LogP contribution >= 0.6 is 0 Å². The van der Waals surface area contributed by atoms with Crippen molar-refractivity contribution in [2.24, 2.45) is 5.73 Å². The summed E-state index contributed by atoms with van der Waals surface area (Å²) in [6.07, 6.45) is 2.11. The van der Waals surface area contributed by atoms with Crippen molar-refractivity contribution >= 4 is 0 Å². The molecule has 0 atom stereocenters. The fourth-order valence-electron chi connectivity index (χ4n) is 1.26. The molecule has 1 aromatic rings. The van der Waals surface area contributed by atoms with E-state index < -0.39 is 17.5 Å². The molecule has 15 heavy (non-hydrogen) atoms. The number of nitrogens with two attached hydrogens (primary N) is 1. The predicted molar refractivity (Wildman–Crippen MR) is 52.8 cm³/mol. The lowest BCUT2D eigenvalue weighted by Crippen LogP contribution is -2.06. The molecule has 0 spiro atoms. The minimum atomic E-state index is -1.44. The van der Waals surface area contributed by atoms with Gasteiger partial charge in [-0.1, -0.05) is 11.6 Å². The maximum atomic E-state index is 12.8. The normalized spacial score (nSPS) is 11.9. The van der Waals surface area contributed by atoms with Gasteiger partial charge in [-0.3, -0.25) is 0 Å². The smallest absolute Gasteiger partial charge is 0.194 e. The number of hydrogen-bond donors (Lipinski definition) is 1. The first kappa shape index (κ1) is 11.8. The second-order valence-corrected chi connectivity index (χ2v) is 3.20. The van der Waals surface area contributed by atoms with Gasteiger partial charge in [0.05, 0.1) is 0 Å². The molecule has 0 unspecified atom stereocenters. The Labute approximate surface area is 86.4 Å². The van der Waals surface area contributed by atoms with Crippen molar-refractivity contribution in [1.29, 1.82) is 0 Å². The second kappa shape index (κ2) is 4.98. The monoisotopic (exact) mass is 215 g/mol. The van der Waals surface area contributed by atoms with Crippen molar-refractivity contribution in [2.45, 2.75) is 13.3 Å². The highest BCUT2D eigenvalue weighted by Crippen LogP contribution is 2.16. The summed E-state index contributed by atoms with van der Waals surface area (Å²) in [5, 5.41) is 0. The zero-order valence-corrected chi connectivity index (χ0v) is 8.36. The van der Waals surface area contributed by atoms with Gasteiger partial charge in [-0.05, 0) is 31.0 Å². The van der Waals surface area contributed by atoms with Gasteiger partial charge >= 0.3 is 0 Å². The molecule has 0 aromatic heterocycles. The van der Waals surface area contributed by atoms with Crippen molar-refractivity contribution in [3.8, 4) is 0 Å². The number of hydrogen-bond acceptors (Lipinski definition) is 1. The fraction of sp³-hybridized carbons (Fsp3) is 0.273. The molecule has 0 bridgehead atoms. The first-order valence-electron chi connectivity index (χ1n) is 4.56. The van der Waals surface area contributed by atoms with Crippen LogP contribution in [0.5, 0.6) is 0 Å². The maximum Gasteiger partial charge on any atom is 0.194 e. The molecule has 4 heteroatoms. The average Bonchev–Trinajstić information content (AvgIpc) is 2.22. The second-order valence-electron chi connectivity index (χ2n) is 3.20. The first-order valence-corrected chi connectivity index (χ1v) is 4.56. The highest BCUT2D eigenvalue weighted by atomic mass is 19.2. The summed E-state index contributed by atoms with van der Waals surface area (Å²) < 4.78 is 38.3. The summed E-state index contributed by atoms with van der Waals surface area (Å²) in [7, 11) is 0. The minimum Gasteiger partial charge on any atom is -0.327 e. The summed E-state index contributed by atoms with van der Waals surface area (Å²) in [5.74, 6) is -3.77. The van der Waals surface area contributed by atoms with Gasteiger partial charge in [0.25, 0.3) is 0 Å². The molecule has 2 N–H and O–H groups in total. The molecular formula is C11H12F3N. The van der Waals surface area contributed by atoms with Gasteiger partial charge in [-0.2, -0.15) is 0 Å². The van der Waals surface area contributed by atoms with E-state index in [4.69, 9.17) is 5.73 Å². The largest absolute Gasteiger partial charge is 0.327 e. The topological polar surface area (TPSA) is 26.0 Å². The third kappa shape index (κ3) is 2.83. The lowest BCUT2D eigenvalue weighted by molar-refractivity contribution is 0.445. The van der Waals surface area contributed by atoms with Gasteiger partial charge in [0.15, 0.2) is 17.5 Å². The molecule has 82 valence electrons. The van der Waals surface area contributed by atoms with Gasteiger partial charge in [0.2, 0.25) is 0 Å². The summed E-state index contributed by atoms with van der Waals surface area (Å²) >= 11 is 0. The molecule has 0 fully saturated rings. The molecule has 0 aliphatic rings. The molecule has 0 saturated carbocycles. The third-order valence-corrected chi connectivity index (χ3v) is 2.15. The number of halogens is 3. The summed E-state index contributed by atoms with van der Waals surface area (Å²) in [4.78, 5) is 0. The van der Waals surface area contributed by atoms with Crippen molar-refractivity contribution in [3.63, 3.8) is 0 Å². The molecule has 0 amide bonds. The Kier molecular flexibility index (Phi) is 3.91. The number of allylic oxidation sites excluding steroid dienone is 1. The number of rotatable bonds is 3. The van der Waals surface area contributed by atoms with Gasteiger partial charge in [0.1, 0.15) is 0 Å². The molecule has 1 nitrogen and oxygen atoms in total. The molecular weight excluding hydrogens is 203 g/mol. The Bertz CT molecular complexity index is 362. The zero-order chi connectivity index (χ0) is 11.4. The molecule has 0 saturated heterocycles. The van der Waals surface area contributed by atoms with Crippen LogP contribution in [-0.2, 0) is 6.42 Å². The van der Waals surface area contributed by atoms with E-state index in [1.807, 2.05) is 0 Å². The predicted octanol–water partition coefficient (Wildman–Crippen LogP) is 2.55. The van der Waals surface area contributed by atoms with Gasteiger partial charge < -0.3 is 5.73 Å². The lowest BCUT2D eigenvalue weighted by atomic mass is 10.0. The lowest BCUT2D eigenvalue weighted by Gasteiger charge is -2.05. The van der Waals surface area contributed by atoms with E-state index in [2.05, 4.69) is 0 Å². The van der Waals surface area contributed by atoms with Crippen LogP contribution in [0, 0.1) is 17.5 Å². The molecule has 1 rings (SSSR count). The Morgan fingerprint density at radius 2 is 1.80 bits per heavy atom. The van der Waals surface area contributed by atoms with E-state index in [0.717, 1.165) is 17.7 Å². The standard InChI is InChI=1S/C11H12F3N/c1-2-7(6-15)3-8-4-9(12)11(14)10(13)5-8/h2,4-5H,3,6,15H2,1H3/b7-2-. The van der Waals surface area contributed by atoms with Crippen LogP contribution in [0.3, 0.4) is 0 Å². The molecule has 1 aromatic carbocycles. The first-order chi connectivity index (χ1) is 7.08. The van der Waals surface area contributed by atoms with Gasteiger partial charge in [-0.15, -0.1) is 0 Å². The van der Waals surface area contributed by atoms with E-state index in [1.54, 1.807) is 13.0 Å². The van der Waals surface area contributed by atoms with E-state index in [0.29, 0.717) is 18.5 Å². The van der Waals surface area contributed by atoms with Crippen LogP contribution in [0.2, 0.25) is 0 Å². The SMILES string of the molecule is C/C=C(\CN)Cc1cc(F)c(F)c(F)c1. The molecule has 0 heterocycles. The minimum absolute atomic E-state index is 0.317. The van der Waals surface area contributed by atoms with E-state index in [-0.39, 0.29) is 0 Å². The summed E-state index contributed by atoms with van der Waals surface area (Å²) in [6.45, 7) is 2.11. The van der Waals surface area contributed by atoms with Gasteiger partial charge in [-0.25, -0.2) is 13.2 Å². The molecule has 0 radical (unpaired) electrons. The Morgan fingerprint density at radius 3 is 2.20 bits per heavy atom. The Balaban J connectivity index is 2.97. The van der Waals surface area contributed by atoms with Crippen LogP contribution in [0.15, 0.2) is 23.8 Å². The van der Waals surface area contributed by atoms with Crippen molar-refractivity contribution < 1.29 is 13.2 Å². The van der Waals surface area contributed by atoms with Crippen molar-refractivity contribution in [3.05, 3.63) is 46.8 Å². The number of benzene rings is 1. The summed E-state index contributed by atoms with van der Waals surface area (Å²) in [5.41, 5.74) is 6.63. The average molecular weight is 215 g/mol. The fourth-order valence-corrected chi connectivity index (χ4v) is 1.26. The molecule has 0 aliphatic heterocycles.